The van der Waals surface area contributed by atoms with Gasteiger partial charge in [-0.1, -0.05) is 42.0 Å². The molecule has 8 heteroatoms. The molecule has 0 aromatic heterocycles. The smallest absolute Gasteiger partial charge is 0.264 e. The Hall–Kier alpha value is -3.52. The number of hydrogen-bond acceptors (Lipinski definition) is 5. The average Bonchev–Trinajstić information content (AvgIpc) is 2.82. The van der Waals surface area contributed by atoms with Gasteiger partial charge in [0.05, 0.1) is 24.2 Å². The number of ether oxygens (including phenoxy) is 2. The Balaban J connectivity index is 1.76. The van der Waals surface area contributed by atoms with Crippen LogP contribution in [0.15, 0.2) is 71.6 Å². The van der Waals surface area contributed by atoms with Gasteiger partial charge in [0.2, 0.25) is 5.91 Å². The lowest BCUT2D eigenvalue weighted by Gasteiger charge is -2.26. The normalized spacial score (nSPS) is 11.1. The van der Waals surface area contributed by atoms with Gasteiger partial charge in [-0.3, -0.25) is 9.10 Å². The van der Waals surface area contributed by atoms with E-state index in [0.29, 0.717) is 11.4 Å². The average molecular weight is 483 g/mol. The van der Waals surface area contributed by atoms with E-state index >= 15 is 0 Å². The predicted octanol–water partition coefficient (Wildman–Crippen LogP) is 4.01. The summed E-state index contributed by atoms with van der Waals surface area (Å²) in [6.45, 7) is 5.91. The number of hydrogen-bond donors (Lipinski definition) is 1. The predicted molar refractivity (Wildman–Crippen MR) is 133 cm³/mol. The number of aryl methyl sites for hydroxylation is 3. The summed E-state index contributed by atoms with van der Waals surface area (Å²) in [7, 11) is -2.56. The first-order chi connectivity index (χ1) is 16.2. The second-order valence-corrected chi connectivity index (χ2v) is 9.83. The zero-order valence-electron chi connectivity index (χ0n) is 19.9. The minimum Gasteiger partial charge on any atom is -0.495 e. The summed E-state index contributed by atoms with van der Waals surface area (Å²) in [6.07, 6.45) is 0. The summed E-state index contributed by atoms with van der Waals surface area (Å²) < 4.78 is 39.2. The number of benzene rings is 3. The van der Waals surface area contributed by atoms with Crippen LogP contribution in [0.5, 0.6) is 11.5 Å². The molecule has 0 aliphatic carbocycles. The van der Waals surface area contributed by atoms with E-state index in [1.54, 1.807) is 30.3 Å². The van der Waals surface area contributed by atoms with Crippen LogP contribution in [-0.4, -0.2) is 41.1 Å². The molecule has 0 saturated heterocycles. The third kappa shape index (κ3) is 6.08. The summed E-state index contributed by atoms with van der Waals surface area (Å²) in [5, 5.41) is 2.75. The van der Waals surface area contributed by atoms with Crippen molar-refractivity contribution in [2.45, 2.75) is 25.7 Å². The third-order valence-electron chi connectivity index (χ3n) is 5.23. The summed E-state index contributed by atoms with van der Waals surface area (Å²) in [5.41, 5.74) is 3.29. The van der Waals surface area contributed by atoms with Crippen LogP contribution in [0.25, 0.3) is 0 Å². The van der Waals surface area contributed by atoms with Crippen molar-refractivity contribution < 1.29 is 22.7 Å². The van der Waals surface area contributed by atoms with E-state index in [-0.39, 0.29) is 18.0 Å². The zero-order valence-corrected chi connectivity index (χ0v) is 20.7. The van der Waals surface area contributed by atoms with Crippen molar-refractivity contribution in [1.29, 1.82) is 0 Å². The second-order valence-electron chi connectivity index (χ2n) is 7.97. The molecule has 34 heavy (non-hydrogen) atoms. The van der Waals surface area contributed by atoms with Crippen LogP contribution in [0.3, 0.4) is 0 Å². The Morgan fingerprint density at radius 3 is 2.21 bits per heavy atom. The van der Waals surface area contributed by atoms with Crippen LogP contribution in [0.2, 0.25) is 0 Å². The van der Waals surface area contributed by atoms with E-state index in [1.165, 1.54) is 19.2 Å². The first kappa shape index (κ1) is 25.1. The Morgan fingerprint density at radius 1 is 0.912 bits per heavy atom. The Bertz CT molecular complexity index is 1240. The minimum atomic E-state index is -4.02. The summed E-state index contributed by atoms with van der Waals surface area (Å²) in [6, 6.07) is 19.1. The largest absolute Gasteiger partial charge is 0.495 e. The quantitative estimate of drug-likeness (QED) is 0.442. The number of anilines is 1. The number of nitrogens with zero attached hydrogens (tertiary/aromatic N) is 1. The van der Waals surface area contributed by atoms with Gasteiger partial charge in [0, 0.05) is 0 Å². The third-order valence-corrected chi connectivity index (χ3v) is 7.01. The van der Waals surface area contributed by atoms with Gasteiger partial charge in [0.25, 0.3) is 10.0 Å². The monoisotopic (exact) mass is 482 g/mol. The molecule has 0 atom stereocenters. The fraction of sp³-hybridized carbons (Fsp3) is 0.269. The van der Waals surface area contributed by atoms with Crippen molar-refractivity contribution in [3.05, 3.63) is 83.4 Å². The molecule has 0 fully saturated rings. The van der Waals surface area contributed by atoms with Crippen LogP contribution in [0.1, 0.15) is 16.7 Å². The fourth-order valence-corrected chi connectivity index (χ4v) is 4.96. The first-order valence-electron chi connectivity index (χ1n) is 10.9. The second kappa shape index (κ2) is 11.1. The SMILES string of the molecule is COc1ccc(C)cc1N(CC(=O)NCCOc1ccc(C)cc1C)S(=O)(=O)c1ccccc1. The maximum absolute atomic E-state index is 13.5. The Kier molecular flexibility index (Phi) is 8.17. The van der Waals surface area contributed by atoms with Crippen LogP contribution in [-0.2, 0) is 14.8 Å². The number of amides is 1. The van der Waals surface area contributed by atoms with Crippen molar-refractivity contribution in [3.63, 3.8) is 0 Å². The molecular formula is C26H30N2O5S. The molecule has 0 unspecified atom stereocenters. The van der Waals surface area contributed by atoms with E-state index in [9.17, 15) is 13.2 Å². The maximum Gasteiger partial charge on any atom is 0.264 e. The summed E-state index contributed by atoms with van der Waals surface area (Å²) in [5.74, 6) is 0.654. The molecule has 1 amide bonds. The molecule has 3 aromatic rings. The Labute approximate surface area is 201 Å². The van der Waals surface area contributed by atoms with Gasteiger partial charge in [-0.25, -0.2) is 8.42 Å². The van der Waals surface area contributed by atoms with Crippen molar-refractivity contribution in [3.8, 4) is 11.5 Å². The number of carbonyl (C=O) groups excluding carboxylic acids is 1. The van der Waals surface area contributed by atoms with Crippen LogP contribution in [0.4, 0.5) is 5.69 Å². The molecule has 7 nitrogen and oxygen atoms in total. The molecule has 0 bridgehead atoms. The highest BCUT2D eigenvalue weighted by Crippen LogP contribution is 2.33. The van der Waals surface area contributed by atoms with E-state index in [0.717, 1.165) is 26.7 Å². The van der Waals surface area contributed by atoms with E-state index in [4.69, 9.17) is 9.47 Å². The van der Waals surface area contributed by atoms with Crippen molar-refractivity contribution >= 4 is 21.6 Å². The minimum absolute atomic E-state index is 0.0875. The molecule has 0 aliphatic rings. The molecule has 0 aliphatic heterocycles. The lowest BCUT2D eigenvalue weighted by Crippen LogP contribution is -2.42. The Morgan fingerprint density at radius 2 is 1.56 bits per heavy atom. The molecule has 3 aromatic carbocycles. The van der Waals surface area contributed by atoms with E-state index in [1.807, 2.05) is 45.0 Å². The fourth-order valence-electron chi connectivity index (χ4n) is 3.51. The van der Waals surface area contributed by atoms with Crippen LogP contribution >= 0.6 is 0 Å². The van der Waals surface area contributed by atoms with Gasteiger partial charge in [-0.05, 0) is 62.2 Å². The van der Waals surface area contributed by atoms with Gasteiger partial charge in [-0.15, -0.1) is 0 Å². The summed E-state index contributed by atoms with van der Waals surface area (Å²) >= 11 is 0. The molecule has 0 saturated carbocycles. The standard InChI is InChI=1S/C26H30N2O5S/c1-19-10-12-24(21(3)16-19)33-15-14-27-26(29)18-28(23-17-20(2)11-13-25(23)32-4)34(30,31)22-8-6-5-7-9-22/h5-13,16-17H,14-15,18H2,1-4H3,(H,27,29). The van der Waals surface area contributed by atoms with Gasteiger partial charge in [-0.2, -0.15) is 0 Å². The first-order valence-corrected chi connectivity index (χ1v) is 12.4. The molecule has 0 spiro atoms. The lowest BCUT2D eigenvalue weighted by atomic mass is 10.1. The lowest BCUT2D eigenvalue weighted by molar-refractivity contribution is -0.119. The van der Waals surface area contributed by atoms with Gasteiger partial charge in [0.15, 0.2) is 0 Å². The highest BCUT2D eigenvalue weighted by Gasteiger charge is 2.29. The van der Waals surface area contributed by atoms with Gasteiger partial charge < -0.3 is 14.8 Å². The van der Waals surface area contributed by atoms with Crippen molar-refractivity contribution in [2.24, 2.45) is 0 Å². The highest BCUT2D eigenvalue weighted by atomic mass is 32.2. The van der Waals surface area contributed by atoms with Crippen LogP contribution < -0.4 is 19.1 Å². The molecule has 1 N–H and O–H groups in total. The van der Waals surface area contributed by atoms with E-state index in [2.05, 4.69) is 5.32 Å². The number of sulfonamides is 1. The summed E-state index contributed by atoms with van der Waals surface area (Å²) in [4.78, 5) is 12.9. The molecule has 0 heterocycles. The van der Waals surface area contributed by atoms with Crippen molar-refractivity contribution in [2.75, 3.05) is 31.1 Å². The van der Waals surface area contributed by atoms with Crippen LogP contribution in [0, 0.1) is 20.8 Å². The number of nitrogens with one attached hydrogen (secondary N) is 1. The number of rotatable bonds is 10. The van der Waals surface area contributed by atoms with E-state index < -0.39 is 22.5 Å². The molecule has 180 valence electrons. The zero-order chi connectivity index (χ0) is 24.7. The van der Waals surface area contributed by atoms with Crippen molar-refractivity contribution in [1.82, 2.24) is 5.32 Å². The highest BCUT2D eigenvalue weighted by molar-refractivity contribution is 7.92. The number of carbonyl (C=O) groups is 1. The van der Waals surface area contributed by atoms with Gasteiger partial charge in [0.1, 0.15) is 24.7 Å². The maximum atomic E-state index is 13.5. The molecule has 3 rings (SSSR count). The topological polar surface area (TPSA) is 84.9 Å². The number of methoxy groups -OCH3 is 1. The molecular weight excluding hydrogens is 452 g/mol. The molecule has 0 radical (unpaired) electrons. The van der Waals surface area contributed by atoms with Gasteiger partial charge >= 0.3 is 0 Å².